The Morgan fingerprint density at radius 1 is 1.61 bits per heavy atom. The molecule has 2 fully saturated rings. The molecule has 2 atom stereocenters. The van der Waals surface area contributed by atoms with Crippen molar-refractivity contribution in [1.82, 2.24) is 4.90 Å². The van der Waals surface area contributed by atoms with E-state index in [-0.39, 0.29) is 12.0 Å². The third-order valence-electron chi connectivity index (χ3n) is 4.06. The van der Waals surface area contributed by atoms with Gasteiger partial charge in [-0.15, -0.1) is 0 Å². The van der Waals surface area contributed by atoms with E-state index in [0.29, 0.717) is 6.04 Å². The molecule has 2 saturated heterocycles. The lowest BCUT2D eigenvalue weighted by molar-refractivity contribution is -0.137. The highest BCUT2D eigenvalue weighted by molar-refractivity contribution is 7.99. The predicted octanol–water partition coefficient (Wildman–Crippen LogP) is 1.84. The summed E-state index contributed by atoms with van der Waals surface area (Å²) < 4.78 is 6.01. The van der Waals surface area contributed by atoms with Crippen molar-refractivity contribution < 1.29 is 14.6 Å². The molecule has 0 amide bonds. The molecule has 0 aromatic heterocycles. The van der Waals surface area contributed by atoms with Crippen LogP contribution in [0.5, 0.6) is 0 Å². The van der Waals surface area contributed by atoms with Gasteiger partial charge in [0.2, 0.25) is 0 Å². The first-order valence-electron chi connectivity index (χ1n) is 6.75. The van der Waals surface area contributed by atoms with Crippen molar-refractivity contribution in [3.05, 3.63) is 0 Å². The monoisotopic (exact) mass is 273 g/mol. The van der Waals surface area contributed by atoms with E-state index >= 15 is 0 Å². The second kappa shape index (κ2) is 6.26. The van der Waals surface area contributed by atoms with Gasteiger partial charge in [0.15, 0.2) is 0 Å². The molecule has 0 aliphatic carbocycles. The summed E-state index contributed by atoms with van der Waals surface area (Å²) in [6.07, 6.45) is 4.39. The second-order valence-electron chi connectivity index (χ2n) is 5.46. The van der Waals surface area contributed by atoms with Crippen molar-refractivity contribution in [2.24, 2.45) is 0 Å². The average Bonchev–Trinajstić information content (AvgIpc) is 2.76. The normalized spacial score (nSPS) is 32.2. The maximum atomic E-state index is 10.5. The zero-order valence-corrected chi connectivity index (χ0v) is 11.9. The van der Waals surface area contributed by atoms with Gasteiger partial charge in [0.1, 0.15) is 0 Å². The summed E-state index contributed by atoms with van der Waals surface area (Å²) in [7, 11) is 2.12. The lowest BCUT2D eigenvalue weighted by Gasteiger charge is -2.41. The maximum Gasteiger partial charge on any atom is 0.303 e. The molecule has 18 heavy (non-hydrogen) atoms. The highest BCUT2D eigenvalue weighted by Gasteiger charge is 2.41. The number of hydrogen-bond acceptors (Lipinski definition) is 4. The van der Waals surface area contributed by atoms with Crippen molar-refractivity contribution in [1.29, 1.82) is 0 Å². The Hall–Kier alpha value is -0.260. The van der Waals surface area contributed by atoms with Gasteiger partial charge in [-0.1, -0.05) is 0 Å². The third-order valence-corrected chi connectivity index (χ3v) is 5.28. The highest BCUT2D eigenvalue weighted by atomic mass is 32.2. The predicted molar refractivity (Wildman–Crippen MR) is 73.1 cm³/mol. The number of aliphatic carboxylic acids is 1. The lowest BCUT2D eigenvalue weighted by atomic mass is 9.89. The molecular weight excluding hydrogens is 250 g/mol. The molecular formula is C13H23NO3S. The van der Waals surface area contributed by atoms with Gasteiger partial charge < -0.3 is 14.7 Å². The zero-order chi connectivity index (χ0) is 13.0. The van der Waals surface area contributed by atoms with Crippen LogP contribution in [-0.2, 0) is 9.53 Å². The largest absolute Gasteiger partial charge is 0.481 e. The molecule has 2 aliphatic rings. The molecule has 0 aromatic rings. The van der Waals surface area contributed by atoms with Gasteiger partial charge in [-0.3, -0.25) is 4.79 Å². The molecule has 2 unspecified atom stereocenters. The first-order valence-corrected chi connectivity index (χ1v) is 7.90. The van der Waals surface area contributed by atoms with Crippen LogP contribution < -0.4 is 0 Å². The molecule has 0 radical (unpaired) electrons. The fraction of sp³-hybridized carbons (Fsp3) is 0.923. The van der Waals surface area contributed by atoms with Crippen molar-refractivity contribution in [2.75, 3.05) is 31.7 Å². The quantitative estimate of drug-likeness (QED) is 0.828. The van der Waals surface area contributed by atoms with Crippen LogP contribution in [0.25, 0.3) is 0 Å². The number of carbonyl (C=O) groups is 1. The molecule has 2 rings (SSSR count). The molecule has 104 valence electrons. The zero-order valence-electron chi connectivity index (χ0n) is 11.1. The van der Waals surface area contributed by atoms with Crippen LogP contribution in [0.4, 0.5) is 0 Å². The number of nitrogens with zero attached hydrogens (tertiary/aromatic N) is 1. The van der Waals surface area contributed by atoms with Crippen LogP contribution >= 0.6 is 11.8 Å². The number of rotatable bonds is 5. The summed E-state index contributed by atoms with van der Waals surface area (Å²) >= 11 is 1.99. The second-order valence-corrected chi connectivity index (χ2v) is 6.56. The van der Waals surface area contributed by atoms with Crippen molar-refractivity contribution >= 4 is 17.7 Å². The minimum Gasteiger partial charge on any atom is -0.481 e. The van der Waals surface area contributed by atoms with E-state index < -0.39 is 5.97 Å². The molecule has 2 aliphatic heterocycles. The molecule has 1 N–H and O–H groups in total. The van der Waals surface area contributed by atoms with Gasteiger partial charge in [0, 0.05) is 24.8 Å². The van der Waals surface area contributed by atoms with Crippen LogP contribution in [0.2, 0.25) is 0 Å². The van der Waals surface area contributed by atoms with E-state index in [2.05, 4.69) is 11.9 Å². The van der Waals surface area contributed by atoms with E-state index in [9.17, 15) is 4.79 Å². The van der Waals surface area contributed by atoms with Crippen molar-refractivity contribution in [3.63, 3.8) is 0 Å². The Bertz CT molecular complexity index is 292. The Morgan fingerprint density at radius 2 is 2.44 bits per heavy atom. The van der Waals surface area contributed by atoms with E-state index in [1.165, 1.54) is 12.2 Å². The summed E-state index contributed by atoms with van der Waals surface area (Å²) in [6, 6.07) is 0.561. The average molecular weight is 273 g/mol. The van der Waals surface area contributed by atoms with E-state index in [1.807, 2.05) is 11.8 Å². The standard InChI is InChI=1S/C13H23NO3S/c1-14(6-2-3-12(15)16)11-4-7-17-13(9-11)5-8-18-10-13/h11H,2-10H2,1H3,(H,15,16). The summed E-state index contributed by atoms with van der Waals surface area (Å²) in [5.41, 5.74) is 0.120. The van der Waals surface area contributed by atoms with Gasteiger partial charge in [-0.25, -0.2) is 0 Å². The van der Waals surface area contributed by atoms with E-state index in [1.54, 1.807) is 0 Å². The van der Waals surface area contributed by atoms with Gasteiger partial charge in [0.05, 0.1) is 5.60 Å². The van der Waals surface area contributed by atoms with Crippen LogP contribution in [0.1, 0.15) is 32.1 Å². The summed E-state index contributed by atoms with van der Waals surface area (Å²) in [5.74, 6) is 1.65. The van der Waals surface area contributed by atoms with Crippen molar-refractivity contribution in [3.8, 4) is 0 Å². The Labute approximate surface area is 113 Å². The minimum absolute atomic E-state index is 0.120. The van der Waals surface area contributed by atoms with E-state index in [4.69, 9.17) is 9.84 Å². The number of carboxylic acid groups (broad SMARTS) is 1. The molecule has 0 saturated carbocycles. The molecule has 0 bridgehead atoms. The van der Waals surface area contributed by atoms with Gasteiger partial charge in [-0.05, 0) is 45.0 Å². The molecule has 2 heterocycles. The fourth-order valence-electron chi connectivity index (χ4n) is 2.90. The molecule has 0 aromatic carbocycles. The summed E-state index contributed by atoms with van der Waals surface area (Å²) in [4.78, 5) is 12.8. The van der Waals surface area contributed by atoms with Crippen LogP contribution in [-0.4, -0.2) is 59.3 Å². The topological polar surface area (TPSA) is 49.8 Å². The van der Waals surface area contributed by atoms with Gasteiger partial charge in [0.25, 0.3) is 0 Å². The molecule has 5 heteroatoms. The Balaban J connectivity index is 1.79. The lowest BCUT2D eigenvalue weighted by Crippen LogP contribution is -2.48. The summed E-state index contributed by atoms with van der Waals surface area (Å²) in [5, 5.41) is 8.66. The third kappa shape index (κ3) is 3.62. The molecule has 4 nitrogen and oxygen atoms in total. The SMILES string of the molecule is CN(CCCC(=O)O)C1CCOC2(CCSC2)C1. The minimum atomic E-state index is -0.695. The number of thioether (sulfide) groups is 1. The van der Waals surface area contributed by atoms with E-state index in [0.717, 1.165) is 38.2 Å². The fourth-order valence-corrected chi connectivity index (χ4v) is 4.28. The number of ether oxygens (including phenoxy) is 1. The summed E-state index contributed by atoms with van der Waals surface area (Å²) in [6.45, 7) is 1.73. The molecule has 1 spiro atoms. The van der Waals surface area contributed by atoms with Gasteiger partial charge >= 0.3 is 5.97 Å². The van der Waals surface area contributed by atoms with Crippen molar-refractivity contribution in [2.45, 2.75) is 43.7 Å². The number of carboxylic acids is 1. The highest BCUT2D eigenvalue weighted by Crippen LogP contribution is 2.39. The van der Waals surface area contributed by atoms with Crippen LogP contribution in [0.3, 0.4) is 0 Å². The van der Waals surface area contributed by atoms with Crippen LogP contribution in [0, 0.1) is 0 Å². The number of hydrogen-bond donors (Lipinski definition) is 1. The Kier molecular flexibility index (Phi) is 4.92. The first-order chi connectivity index (χ1) is 8.61. The first kappa shape index (κ1) is 14.2. The maximum absolute atomic E-state index is 10.5. The van der Waals surface area contributed by atoms with Crippen LogP contribution in [0.15, 0.2) is 0 Å². The Morgan fingerprint density at radius 3 is 3.11 bits per heavy atom. The van der Waals surface area contributed by atoms with Gasteiger partial charge in [-0.2, -0.15) is 11.8 Å². The smallest absolute Gasteiger partial charge is 0.303 e.